The van der Waals surface area contributed by atoms with Crippen molar-refractivity contribution >= 4 is 17.6 Å². The average Bonchev–Trinajstić information content (AvgIpc) is 2.35. The predicted octanol–water partition coefficient (Wildman–Crippen LogP) is 1.53. The van der Waals surface area contributed by atoms with E-state index in [1.807, 2.05) is 0 Å². The molecule has 1 aromatic carbocycles. The molecule has 0 saturated heterocycles. The summed E-state index contributed by atoms with van der Waals surface area (Å²) in [6.07, 6.45) is 0.346. The number of carbonyl (C=O) groups excluding carboxylic acids is 1. The fraction of sp³-hybridized carbons (Fsp3) is 0.429. The number of amides is 1. The number of nitrogens with two attached hydrogens (primary N) is 1. The molecule has 0 saturated carbocycles. The molecule has 104 valence electrons. The number of hydrogen-bond donors (Lipinski definition) is 3. The van der Waals surface area contributed by atoms with Crippen molar-refractivity contribution in [1.82, 2.24) is 5.32 Å². The van der Waals surface area contributed by atoms with Gasteiger partial charge in [0, 0.05) is 5.69 Å². The Morgan fingerprint density at radius 3 is 2.26 bits per heavy atom. The molecule has 1 rings (SSSR count). The van der Waals surface area contributed by atoms with Crippen LogP contribution in [0.1, 0.15) is 32.8 Å². The number of carboxylic acid groups (broad SMARTS) is 1. The van der Waals surface area contributed by atoms with Gasteiger partial charge in [0.05, 0.1) is 5.41 Å². The van der Waals surface area contributed by atoms with Crippen LogP contribution < -0.4 is 11.1 Å². The number of hydrogen-bond acceptors (Lipinski definition) is 3. The molecule has 1 atom stereocenters. The summed E-state index contributed by atoms with van der Waals surface area (Å²) in [7, 11) is 0. The summed E-state index contributed by atoms with van der Waals surface area (Å²) in [6.45, 7) is 5.22. The minimum absolute atomic E-state index is 0.313. The minimum Gasteiger partial charge on any atom is -0.480 e. The maximum absolute atomic E-state index is 12.2. The highest BCUT2D eigenvalue weighted by Gasteiger charge is 2.32. The molecule has 0 bridgehead atoms. The van der Waals surface area contributed by atoms with Crippen LogP contribution in [0.5, 0.6) is 0 Å². The molecule has 5 nitrogen and oxygen atoms in total. The molecule has 0 aliphatic heterocycles. The van der Waals surface area contributed by atoms with Crippen LogP contribution in [0.3, 0.4) is 0 Å². The zero-order chi connectivity index (χ0) is 14.6. The smallest absolute Gasteiger partial charge is 0.326 e. The Morgan fingerprint density at radius 2 is 1.84 bits per heavy atom. The lowest BCUT2D eigenvalue weighted by Crippen LogP contribution is -2.48. The number of nitrogen functional groups attached to an aromatic ring is 1. The number of benzene rings is 1. The number of anilines is 1. The summed E-state index contributed by atoms with van der Waals surface area (Å²) in [6, 6.07) is 6.13. The van der Waals surface area contributed by atoms with Crippen molar-refractivity contribution in [1.29, 1.82) is 0 Å². The standard InChI is InChI=1S/C14H20N2O3/c1-4-11(12(17)18)16-13(19)14(2,3)9-5-7-10(15)8-6-9/h5-8,11H,4,15H2,1-3H3,(H,16,19)(H,17,18). The van der Waals surface area contributed by atoms with E-state index < -0.39 is 17.4 Å². The molecule has 0 radical (unpaired) electrons. The number of aliphatic carboxylic acids is 1. The Labute approximate surface area is 112 Å². The summed E-state index contributed by atoms with van der Waals surface area (Å²) >= 11 is 0. The first-order valence-corrected chi connectivity index (χ1v) is 6.18. The highest BCUT2D eigenvalue weighted by Crippen LogP contribution is 2.24. The molecule has 1 amide bonds. The van der Waals surface area contributed by atoms with E-state index in [1.54, 1.807) is 45.0 Å². The zero-order valence-corrected chi connectivity index (χ0v) is 11.4. The second-order valence-electron chi connectivity index (χ2n) is 5.02. The molecule has 19 heavy (non-hydrogen) atoms. The Bertz CT molecular complexity index is 466. The van der Waals surface area contributed by atoms with Crippen LogP contribution in [-0.2, 0) is 15.0 Å². The van der Waals surface area contributed by atoms with E-state index in [-0.39, 0.29) is 5.91 Å². The predicted molar refractivity (Wildman–Crippen MR) is 73.7 cm³/mol. The molecular weight excluding hydrogens is 244 g/mol. The van der Waals surface area contributed by atoms with Crippen molar-refractivity contribution in [3.8, 4) is 0 Å². The van der Waals surface area contributed by atoms with Crippen LogP contribution in [0.4, 0.5) is 5.69 Å². The Morgan fingerprint density at radius 1 is 1.32 bits per heavy atom. The maximum atomic E-state index is 12.2. The van der Waals surface area contributed by atoms with Crippen molar-refractivity contribution in [3.63, 3.8) is 0 Å². The molecule has 0 spiro atoms. The number of nitrogens with one attached hydrogen (secondary N) is 1. The van der Waals surface area contributed by atoms with Crippen molar-refractivity contribution < 1.29 is 14.7 Å². The topological polar surface area (TPSA) is 92.4 Å². The second-order valence-corrected chi connectivity index (χ2v) is 5.02. The molecule has 5 heteroatoms. The Hall–Kier alpha value is -2.04. The van der Waals surface area contributed by atoms with Gasteiger partial charge in [0.25, 0.3) is 0 Å². The summed E-state index contributed by atoms with van der Waals surface area (Å²) in [5, 5.41) is 11.5. The second kappa shape index (κ2) is 5.73. The number of rotatable bonds is 5. The molecule has 1 aromatic rings. The van der Waals surface area contributed by atoms with E-state index in [1.165, 1.54) is 0 Å². The van der Waals surface area contributed by atoms with Gasteiger partial charge in [-0.1, -0.05) is 19.1 Å². The van der Waals surface area contributed by atoms with E-state index in [9.17, 15) is 9.59 Å². The third-order valence-electron chi connectivity index (χ3n) is 3.21. The van der Waals surface area contributed by atoms with Crippen LogP contribution in [0, 0.1) is 0 Å². The fourth-order valence-electron chi connectivity index (χ4n) is 1.71. The zero-order valence-electron chi connectivity index (χ0n) is 11.4. The maximum Gasteiger partial charge on any atom is 0.326 e. The normalized spacial score (nSPS) is 12.8. The number of carboxylic acids is 1. The highest BCUT2D eigenvalue weighted by molar-refractivity contribution is 5.90. The SMILES string of the molecule is CCC(NC(=O)C(C)(C)c1ccc(N)cc1)C(=O)O. The average molecular weight is 264 g/mol. The Kier molecular flexibility index (Phi) is 4.53. The van der Waals surface area contributed by atoms with Crippen molar-refractivity contribution in [3.05, 3.63) is 29.8 Å². The molecule has 1 unspecified atom stereocenters. The molecule has 0 heterocycles. The lowest BCUT2D eigenvalue weighted by molar-refractivity contribution is -0.142. The van der Waals surface area contributed by atoms with Crippen LogP contribution in [-0.4, -0.2) is 23.0 Å². The van der Waals surface area contributed by atoms with Crippen LogP contribution in [0.25, 0.3) is 0 Å². The van der Waals surface area contributed by atoms with Crippen LogP contribution in [0.2, 0.25) is 0 Å². The van der Waals surface area contributed by atoms with Gasteiger partial charge in [0.2, 0.25) is 5.91 Å². The monoisotopic (exact) mass is 264 g/mol. The van der Waals surface area contributed by atoms with Gasteiger partial charge in [-0.15, -0.1) is 0 Å². The quantitative estimate of drug-likeness (QED) is 0.703. The first-order valence-electron chi connectivity index (χ1n) is 6.18. The van der Waals surface area contributed by atoms with Gasteiger partial charge in [-0.05, 0) is 38.0 Å². The third-order valence-corrected chi connectivity index (χ3v) is 3.21. The molecule has 0 aliphatic rings. The van der Waals surface area contributed by atoms with E-state index in [0.717, 1.165) is 5.56 Å². The number of carbonyl (C=O) groups is 2. The van der Waals surface area contributed by atoms with Gasteiger partial charge < -0.3 is 16.2 Å². The van der Waals surface area contributed by atoms with E-state index in [4.69, 9.17) is 10.8 Å². The summed E-state index contributed by atoms with van der Waals surface area (Å²) < 4.78 is 0. The molecular formula is C14H20N2O3. The first kappa shape index (κ1) is 15.0. The van der Waals surface area contributed by atoms with Crippen molar-refractivity contribution in [2.24, 2.45) is 0 Å². The van der Waals surface area contributed by atoms with Gasteiger partial charge >= 0.3 is 5.97 Å². The summed E-state index contributed by atoms with van der Waals surface area (Å²) in [5.41, 5.74) is 6.21. The van der Waals surface area contributed by atoms with Crippen LogP contribution in [0.15, 0.2) is 24.3 Å². The van der Waals surface area contributed by atoms with Gasteiger partial charge in [0.15, 0.2) is 0 Å². The van der Waals surface area contributed by atoms with Gasteiger partial charge in [-0.25, -0.2) is 4.79 Å². The Balaban J connectivity index is 2.90. The van der Waals surface area contributed by atoms with E-state index in [2.05, 4.69) is 5.32 Å². The van der Waals surface area contributed by atoms with Crippen molar-refractivity contribution in [2.45, 2.75) is 38.6 Å². The molecule has 0 aromatic heterocycles. The molecule has 4 N–H and O–H groups in total. The highest BCUT2D eigenvalue weighted by atomic mass is 16.4. The fourth-order valence-corrected chi connectivity index (χ4v) is 1.71. The summed E-state index contributed by atoms with van der Waals surface area (Å²) in [4.78, 5) is 23.2. The van der Waals surface area contributed by atoms with Gasteiger partial charge in [-0.2, -0.15) is 0 Å². The van der Waals surface area contributed by atoms with Crippen molar-refractivity contribution in [2.75, 3.05) is 5.73 Å². The lowest BCUT2D eigenvalue weighted by atomic mass is 9.83. The largest absolute Gasteiger partial charge is 0.480 e. The molecule has 0 fully saturated rings. The third kappa shape index (κ3) is 3.47. The van der Waals surface area contributed by atoms with Crippen LogP contribution >= 0.6 is 0 Å². The van der Waals surface area contributed by atoms with Gasteiger partial charge in [-0.3, -0.25) is 4.79 Å². The lowest BCUT2D eigenvalue weighted by Gasteiger charge is -2.26. The van der Waals surface area contributed by atoms with Gasteiger partial charge in [0.1, 0.15) is 6.04 Å². The molecule has 0 aliphatic carbocycles. The first-order chi connectivity index (χ1) is 8.78. The van der Waals surface area contributed by atoms with E-state index >= 15 is 0 Å². The summed E-state index contributed by atoms with van der Waals surface area (Å²) in [5.74, 6) is -1.34. The van der Waals surface area contributed by atoms with E-state index in [0.29, 0.717) is 12.1 Å². The minimum atomic E-state index is -1.02.